The van der Waals surface area contributed by atoms with E-state index in [2.05, 4.69) is 166 Å². The van der Waals surface area contributed by atoms with Gasteiger partial charge in [0.15, 0.2) is 0 Å². The molecule has 1 nitrogen and oxygen atoms in total. The quantitative estimate of drug-likeness (QED) is 0.136. The molecule has 9 aromatic carbocycles. The monoisotopic (exact) mass is 636 g/mol. The van der Waals surface area contributed by atoms with Gasteiger partial charge in [0, 0.05) is 16.2 Å². The Morgan fingerprint density at radius 2 is 1.00 bits per heavy atom. The molecule has 0 bridgehead atoms. The highest BCUT2D eigenvalue weighted by Gasteiger charge is 2.39. The maximum Gasteiger partial charge on any atom is 0.136 e. The lowest BCUT2D eigenvalue weighted by molar-refractivity contribution is 0.662. The van der Waals surface area contributed by atoms with E-state index in [4.69, 9.17) is 4.42 Å². The minimum absolute atomic E-state index is 0.240. The molecule has 10 aromatic rings. The highest BCUT2D eigenvalue weighted by atomic mass is 16.3. The number of fused-ring (bicyclic) bond motifs is 12. The molecule has 1 heteroatoms. The number of hydrogen-bond acceptors (Lipinski definition) is 1. The maximum atomic E-state index is 6.40. The number of furan rings is 1. The molecule has 1 aliphatic carbocycles. The van der Waals surface area contributed by atoms with Crippen molar-refractivity contribution in [2.75, 3.05) is 0 Å². The molecule has 0 aliphatic heterocycles. The first kappa shape index (κ1) is 27.7. The normalized spacial score (nSPS) is 13.6. The average molecular weight is 637 g/mol. The van der Waals surface area contributed by atoms with Crippen molar-refractivity contribution < 1.29 is 4.42 Å². The Labute approximate surface area is 290 Å². The molecule has 0 fully saturated rings. The molecule has 1 aliphatic rings. The summed E-state index contributed by atoms with van der Waals surface area (Å²) in [6, 6.07) is 58.2. The molecule has 0 saturated heterocycles. The fourth-order valence-corrected chi connectivity index (χ4v) is 9.10. The third-order valence-corrected chi connectivity index (χ3v) is 11.4. The Kier molecular flexibility index (Phi) is 5.51. The fourth-order valence-electron chi connectivity index (χ4n) is 9.10. The average Bonchev–Trinajstić information content (AvgIpc) is 3.65. The van der Waals surface area contributed by atoms with Gasteiger partial charge in [-0.2, -0.15) is 0 Å². The van der Waals surface area contributed by atoms with E-state index in [0.29, 0.717) is 0 Å². The molecule has 234 valence electrons. The Bertz CT molecular complexity index is 3060. The third-order valence-electron chi connectivity index (χ3n) is 11.4. The van der Waals surface area contributed by atoms with Gasteiger partial charge in [0.2, 0.25) is 0 Å². The van der Waals surface area contributed by atoms with Crippen LogP contribution in [0.5, 0.6) is 0 Å². The summed E-state index contributed by atoms with van der Waals surface area (Å²) in [7, 11) is 0. The van der Waals surface area contributed by atoms with E-state index in [1.165, 1.54) is 87.6 Å². The first-order chi connectivity index (χ1) is 24.5. The molecule has 0 N–H and O–H groups in total. The van der Waals surface area contributed by atoms with Crippen LogP contribution in [0.25, 0.3) is 98.4 Å². The minimum Gasteiger partial charge on any atom is -0.456 e. The first-order valence-corrected chi connectivity index (χ1v) is 17.5. The number of rotatable bonds is 2. The van der Waals surface area contributed by atoms with Crippen LogP contribution in [-0.4, -0.2) is 0 Å². The van der Waals surface area contributed by atoms with Crippen molar-refractivity contribution in [1.82, 2.24) is 0 Å². The van der Waals surface area contributed by atoms with Crippen LogP contribution in [0.15, 0.2) is 162 Å². The van der Waals surface area contributed by atoms with E-state index < -0.39 is 0 Å². The van der Waals surface area contributed by atoms with Gasteiger partial charge in [0.05, 0.1) is 0 Å². The number of benzene rings is 9. The van der Waals surface area contributed by atoms with Crippen LogP contribution >= 0.6 is 0 Å². The molecule has 1 heterocycles. The zero-order valence-corrected chi connectivity index (χ0v) is 27.9. The van der Waals surface area contributed by atoms with Crippen LogP contribution < -0.4 is 0 Å². The molecule has 0 atom stereocenters. The second kappa shape index (κ2) is 9.94. The summed E-state index contributed by atoms with van der Waals surface area (Å²) >= 11 is 0. The maximum absolute atomic E-state index is 6.40. The topological polar surface area (TPSA) is 13.1 Å². The van der Waals surface area contributed by atoms with Crippen LogP contribution in [0.2, 0.25) is 0 Å². The summed E-state index contributed by atoms with van der Waals surface area (Å²) in [6.07, 6.45) is 0. The van der Waals surface area contributed by atoms with Gasteiger partial charge in [-0.1, -0.05) is 135 Å². The van der Waals surface area contributed by atoms with E-state index in [-0.39, 0.29) is 5.41 Å². The predicted octanol–water partition coefficient (Wildman–Crippen LogP) is 13.8. The number of para-hydroxylation sites is 1. The van der Waals surface area contributed by atoms with E-state index in [0.717, 1.165) is 21.9 Å². The lowest BCUT2D eigenvalue weighted by atomic mass is 9.77. The van der Waals surface area contributed by atoms with E-state index in [1.54, 1.807) is 0 Å². The third kappa shape index (κ3) is 3.72. The fraction of sp³-hybridized carbons (Fsp3) is 0.0612. The summed E-state index contributed by atoms with van der Waals surface area (Å²) in [4.78, 5) is 0. The van der Waals surface area contributed by atoms with Gasteiger partial charge in [0.25, 0.3) is 0 Å². The second-order valence-corrected chi connectivity index (χ2v) is 14.4. The molecule has 0 saturated carbocycles. The molecule has 1 aromatic heterocycles. The standard InChI is InChI=1S/C49H32O/c1-49(2)43-27-33(46-35-15-7-4-13-31(35)26-42-34-14-6-3-11-29(34)19-23-39(42)46)21-24-40(43)47-36-16-8-5-12-30(36)25-41(48(47)49)32-20-22-38-37-17-9-10-18-44(37)50-45(38)28-32/h3-28H,1-2H3. The van der Waals surface area contributed by atoms with E-state index in [9.17, 15) is 0 Å². The van der Waals surface area contributed by atoms with Crippen LogP contribution in [-0.2, 0) is 5.41 Å². The van der Waals surface area contributed by atoms with Crippen molar-refractivity contribution in [2.45, 2.75) is 19.3 Å². The molecule has 50 heavy (non-hydrogen) atoms. The van der Waals surface area contributed by atoms with Crippen molar-refractivity contribution in [3.05, 3.63) is 169 Å². The lowest BCUT2D eigenvalue weighted by Gasteiger charge is -2.26. The minimum atomic E-state index is -0.240. The van der Waals surface area contributed by atoms with E-state index >= 15 is 0 Å². The Morgan fingerprint density at radius 3 is 1.82 bits per heavy atom. The van der Waals surface area contributed by atoms with Crippen molar-refractivity contribution in [3.8, 4) is 33.4 Å². The van der Waals surface area contributed by atoms with Crippen molar-refractivity contribution >= 4 is 65.0 Å². The summed E-state index contributed by atoms with van der Waals surface area (Å²) in [6.45, 7) is 4.82. The van der Waals surface area contributed by atoms with Crippen LogP contribution in [0.3, 0.4) is 0 Å². The zero-order chi connectivity index (χ0) is 33.1. The highest BCUT2D eigenvalue weighted by Crippen LogP contribution is 2.56. The van der Waals surface area contributed by atoms with Gasteiger partial charge >= 0.3 is 0 Å². The van der Waals surface area contributed by atoms with Crippen LogP contribution in [0.1, 0.15) is 25.0 Å². The van der Waals surface area contributed by atoms with Crippen molar-refractivity contribution in [1.29, 1.82) is 0 Å². The number of hydrogen-bond donors (Lipinski definition) is 0. The first-order valence-electron chi connectivity index (χ1n) is 17.5. The summed E-state index contributed by atoms with van der Waals surface area (Å²) in [5.74, 6) is 0. The van der Waals surface area contributed by atoms with Crippen molar-refractivity contribution in [3.63, 3.8) is 0 Å². The molecule has 0 spiro atoms. The van der Waals surface area contributed by atoms with Crippen LogP contribution in [0.4, 0.5) is 0 Å². The Hall–Kier alpha value is -6.18. The molecule has 0 amide bonds. The molecular formula is C49H32O. The molecule has 0 unspecified atom stereocenters. The second-order valence-electron chi connectivity index (χ2n) is 14.4. The summed E-state index contributed by atoms with van der Waals surface area (Å²) < 4.78 is 6.40. The molecule has 11 rings (SSSR count). The smallest absolute Gasteiger partial charge is 0.136 e. The van der Waals surface area contributed by atoms with Crippen molar-refractivity contribution in [2.24, 2.45) is 0 Å². The lowest BCUT2D eigenvalue weighted by Crippen LogP contribution is -2.16. The zero-order valence-electron chi connectivity index (χ0n) is 27.9. The predicted molar refractivity (Wildman–Crippen MR) is 212 cm³/mol. The van der Waals surface area contributed by atoms with Gasteiger partial charge in [-0.15, -0.1) is 0 Å². The van der Waals surface area contributed by atoms with Gasteiger partial charge in [-0.25, -0.2) is 0 Å². The molecular weight excluding hydrogens is 605 g/mol. The van der Waals surface area contributed by atoms with Gasteiger partial charge in [0.1, 0.15) is 11.2 Å². The van der Waals surface area contributed by atoms with Gasteiger partial charge < -0.3 is 4.42 Å². The van der Waals surface area contributed by atoms with Gasteiger partial charge in [-0.3, -0.25) is 0 Å². The van der Waals surface area contributed by atoms with Gasteiger partial charge in [-0.05, 0) is 124 Å². The van der Waals surface area contributed by atoms with Crippen LogP contribution in [0, 0.1) is 0 Å². The molecule has 0 radical (unpaired) electrons. The Morgan fingerprint density at radius 1 is 0.380 bits per heavy atom. The van der Waals surface area contributed by atoms with E-state index in [1.807, 2.05) is 6.07 Å². The SMILES string of the molecule is CC1(C)c2cc(-c3c4ccccc4cc4c3ccc3ccccc34)ccc2-c2c1c(-c1ccc3c(c1)oc1ccccc13)cc1ccccc21. The largest absolute Gasteiger partial charge is 0.456 e. The Balaban J connectivity index is 1.18. The summed E-state index contributed by atoms with van der Waals surface area (Å²) in [5, 5.41) is 12.6. The summed E-state index contributed by atoms with van der Waals surface area (Å²) in [5.41, 5.74) is 12.1. The highest BCUT2D eigenvalue weighted by molar-refractivity contribution is 6.20.